The maximum Gasteiger partial charge on any atom is 0.332 e. The molecule has 31 heavy (non-hydrogen) atoms. The molecule has 1 saturated heterocycles. The number of benzene rings is 1. The molecular weight excluding hydrogens is 412 g/mol. The summed E-state index contributed by atoms with van der Waals surface area (Å²) in [6, 6.07) is 13.7. The van der Waals surface area contributed by atoms with E-state index in [2.05, 4.69) is 11.0 Å². The van der Waals surface area contributed by atoms with E-state index in [1.807, 2.05) is 41.8 Å². The van der Waals surface area contributed by atoms with Crippen LogP contribution in [0.3, 0.4) is 0 Å². The number of anilines is 1. The average molecular weight is 439 g/mol. The molecular formula is C23H26N4O3S. The molecule has 1 aromatic carbocycles. The van der Waals surface area contributed by atoms with Crippen LogP contribution in [0, 0.1) is 0 Å². The minimum absolute atomic E-state index is 0.0552. The SMILES string of the molecule is CCn1c(=O)c(C(=O)CN2CCC[C@H]2c2cccs2)c(N)n(Cc2ccccc2)c1=O. The number of nitrogen functional groups attached to an aromatic ring is 1. The van der Waals surface area contributed by atoms with Gasteiger partial charge in [-0.05, 0) is 43.3 Å². The van der Waals surface area contributed by atoms with E-state index in [-0.39, 0.29) is 42.8 Å². The molecule has 0 radical (unpaired) electrons. The van der Waals surface area contributed by atoms with Crippen LogP contribution in [0.4, 0.5) is 5.82 Å². The van der Waals surface area contributed by atoms with E-state index in [9.17, 15) is 14.4 Å². The van der Waals surface area contributed by atoms with Crippen LogP contribution in [0.2, 0.25) is 0 Å². The number of rotatable bonds is 7. The summed E-state index contributed by atoms with van der Waals surface area (Å²) in [6.07, 6.45) is 1.98. The van der Waals surface area contributed by atoms with Crippen LogP contribution in [0.15, 0.2) is 57.4 Å². The third-order valence-electron chi connectivity index (χ3n) is 5.83. The second-order valence-electron chi connectivity index (χ2n) is 7.73. The first-order valence-corrected chi connectivity index (χ1v) is 11.4. The predicted molar refractivity (Wildman–Crippen MR) is 123 cm³/mol. The largest absolute Gasteiger partial charge is 0.384 e. The number of thiophene rings is 1. The summed E-state index contributed by atoms with van der Waals surface area (Å²) in [5, 5.41) is 2.03. The Morgan fingerprint density at radius 2 is 1.90 bits per heavy atom. The summed E-state index contributed by atoms with van der Waals surface area (Å²) >= 11 is 1.68. The van der Waals surface area contributed by atoms with Crippen molar-refractivity contribution in [1.29, 1.82) is 0 Å². The Kier molecular flexibility index (Phi) is 6.20. The van der Waals surface area contributed by atoms with Gasteiger partial charge in [-0.25, -0.2) is 4.79 Å². The van der Waals surface area contributed by atoms with Gasteiger partial charge in [0, 0.05) is 17.5 Å². The van der Waals surface area contributed by atoms with Crippen LogP contribution in [0.25, 0.3) is 0 Å². The molecule has 8 heteroatoms. The Morgan fingerprint density at radius 3 is 2.58 bits per heavy atom. The molecule has 0 unspecified atom stereocenters. The monoisotopic (exact) mass is 438 g/mol. The Hall–Kier alpha value is -2.97. The van der Waals surface area contributed by atoms with Crippen LogP contribution in [-0.2, 0) is 13.1 Å². The standard InChI is InChI=1S/C23H26N4O3S/c1-2-26-22(29)20(21(24)27(23(26)30)14-16-8-4-3-5-9-16)18(28)15-25-12-6-10-17(25)19-11-7-13-31-19/h3-5,7-9,11,13,17H,2,6,10,12,14-15,24H2,1H3/t17-/m0/s1. The normalized spacial score (nSPS) is 16.6. The Balaban J connectivity index is 1.70. The van der Waals surface area contributed by atoms with Gasteiger partial charge >= 0.3 is 5.69 Å². The molecule has 4 rings (SSSR count). The average Bonchev–Trinajstić information content (AvgIpc) is 3.44. The van der Waals surface area contributed by atoms with E-state index in [0.29, 0.717) is 0 Å². The van der Waals surface area contributed by atoms with Gasteiger partial charge in [0.05, 0.1) is 13.1 Å². The van der Waals surface area contributed by atoms with Crippen LogP contribution >= 0.6 is 11.3 Å². The molecule has 0 spiro atoms. The quantitative estimate of drug-likeness (QED) is 0.573. The van der Waals surface area contributed by atoms with Gasteiger partial charge in [-0.15, -0.1) is 11.3 Å². The van der Waals surface area contributed by atoms with Gasteiger partial charge in [0.15, 0.2) is 5.78 Å². The zero-order chi connectivity index (χ0) is 22.0. The molecule has 1 aliphatic rings. The summed E-state index contributed by atoms with van der Waals surface area (Å²) < 4.78 is 2.42. The third kappa shape index (κ3) is 4.13. The molecule has 1 fully saturated rings. The first-order valence-electron chi connectivity index (χ1n) is 10.5. The van der Waals surface area contributed by atoms with Crippen molar-refractivity contribution in [3.63, 3.8) is 0 Å². The lowest BCUT2D eigenvalue weighted by atomic mass is 10.1. The summed E-state index contributed by atoms with van der Waals surface area (Å²) in [5.74, 6) is -0.393. The highest BCUT2D eigenvalue weighted by Crippen LogP contribution is 2.34. The van der Waals surface area contributed by atoms with Gasteiger partial charge in [-0.2, -0.15) is 0 Å². The number of aromatic nitrogens is 2. The molecule has 0 bridgehead atoms. The highest BCUT2D eigenvalue weighted by atomic mass is 32.1. The first kappa shape index (κ1) is 21.3. The molecule has 3 heterocycles. The van der Waals surface area contributed by atoms with Crippen molar-refractivity contribution in [2.45, 2.75) is 38.9 Å². The lowest BCUT2D eigenvalue weighted by Gasteiger charge is -2.23. The van der Waals surface area contributed by atoms with Crippen LogP contribution in [0.5, 0.6) is 0 Å². The van der Waals surface area contributed by atoms with Gasteiger partial charge in [-0.1, -0.05) is 36.4 Å². The molecule has 2 N–H and O–H groups in total. The van der Waals surface area contributed by atoms with E-state index >= 15 is 0 Å². The van der Waals surface area contributed by atoms with E-state index < -0.39 is 11.2 Å². The van der Waals surface area contributed by atoms with Gasteiger partial charge in [0.2, 0.25) is 0 Å². The molecule has 3 aromatic rings. The number of likely N-dealkylation sites (tertiary alicyclic amines) is 1. The number of hydrogen-bond acceptors (Lipinski definition) is 6. The van der Waals surface area contributed by atoms with Crippen LogP contribution < -0.4 is 17.0 Å². The topological polar surface area (TPSA) is 90.3 Å². The minimum Gasteiger partial charge on any atom is -0.384 e. The van der Waals surface area contributed by atoms with Crippen LogP contribution in [-0.4, -0.2) is 32.9 Å². The van der Waals surface area contributed by atoms with Crippen molar-refractivity contribution in [3.8, 4) is 0 Å². The van der Waals surface area contributed by atoms with Crippen molar-refractivity contribution < 1.29 is 4.79 Å². The maximum atomic E-state index is 13.3. The fourth-order valence-electron chi connectivity index (χ4n) is 4.26. The number of ketones is 1. The molecule has 0 aliphatic carbocycles. The van der Waals surface area contributed by atoms with E-state index in [0.717, 1.165) is 29.5 Å². The zero-order valence-corrected chi connectivity index (χ0v) is 18.3. The second kappa shape index (κ2) is 9.03. The second-order valence-corrected chi connectivity index (χ2v) is 8.71. The van der Waals surface area contributed by atoms with Crippen molar-refractivity contribution in [2.75, 3.05) is 18.8 Å². The summed E-state index contributed by atoms with van der Waals surface area (Å²) in [6.45, 7) is 2.99. The van der Waals surface area contributed by atoms with Crippen molar-refractivity contribution in [3.05, 3.63) is 84.7 Å². The Labute approximate surface area is 184 Å². The van der Waals surface area contributed by atoms with Gasteiger partial charge in [0.25, 0.3) is 5.56 Å². The Bertz CT molecular complexity index is 1180. The molecule has 0 amide bonds. The van der Waals surface area contributed by atoms with Crippen LogP contribution in [0.1, 0.15) is 46.6 Å². The smallest absolute Gasteiger partial charge is 0.332 e. The third-order valence-corrected chi connectivity index (χ3v) is 6.80. The van der Waals surface area contributed by atoms with Gasteiger partial charge in [0.1, 0.15) is 11.4 Å². The zero-order valence-electron chi connectivity index (χ0n) is 17.5. The Morgan fingerprint density at radius 1 is 1.13 bits per heavy atom. The van der Waals surface area contributed by atoms with Crippen molar-refractivity contribution in [1.82, 2.24) is 14.0 Å². The number of Topliss-reactive ketones (excluding diaryl/α,β-unsaturated/α-hetero) is 1. The van der Waals surface area contributed by atoms with Gasteiger partial charge < -0.3 is 5.73 Å². The molecule has 7 nitrogen and oxygen atoms in total. The van der Waals surface area contributed by atoms with Gasteiger partial charge in [-0.3, -0.25) is 23.6 Å². The molecule has 1 atom stereocenters. The van der Waals surface area contributed by atoms with Crippen molar-refractivity contribution in [2.24, 2.45) is 0 Å². The summed E-state index contributed by atoms with van der Waals surface area (Å²) in [4.78, 5) is 42.5. The van der Waals surface area contributed by atoms with E-state index in [4.69, 9.17) is 5.73 Å². The molecule has 0 saturated carbocycles. The van der Waals surface area contributed by atoms with Crippen molar-refractivity contribution >= 4 is 22.9 Å². The summed E-state index contributed by atoms with van der Waals surface area (Å²) in [7, 11) is 0. The number of nitrogens with zero attached hydrogens (tertiary/aromatic N) is 3. The summed E-state index contributed by atoms with van der Waals surface area (Å²) in [5.41, 5.74) is 5.95. The number of hydrogen-bond donors (Lipinski definition) is 1. The maximum absolute atomic E-state index is 13.3. The fraction of sp³-hybridized carbons (Fsp3) is 0.348. The first-order chi connectivity index (χ1) is 15.0. The molecule has 162 valence electrons. The molecule has 2 aromatic heterocycles. The lowest BCUT2D eigenvalue weighted by molar-refractivity contribution is 0.0920. The predicted octanol–water partition coefficient (Wildman–Crippen LogP) is 2.74. The molecule has 1 aliphatic heterocycles. The number of nitrogens with two attached hydrogens (primary N) is 1. The lowest BCUT2D eigenvalue weighted by Crippen LogP contribution is -2.45. The number of carbonyl (C=O) groups excluding carboxylic acids is 1. The highest BCUT2D eigenvalue weighted by molar-refractivity contribution is 7.10. The van der Waals surface area contributed by atoms with E-state index in [1.54, 1.807) is 18.3 Å². The highest BCUT2D eigenvalue weighted by Gasteiger charge is 2.31. The minimum atomic E-state index is -0.605. The fourth-order valence-corrected chi connectivity index (χ4v) is 5.15. The van der Waals surface area contributed by atoms with E-state index in [1.165, 1.54) is 9.44 Å². The number of carbonyl (C=O) groups is 1.